The van der Waals surface area contributed by atoms with Gasteiger partial charge in [0.25, 0.3) is 0 Å². The van der Waals surface area contributed by atoms with E-state index in [-0.39, 0.29) is 0 Å². The lowest BCUT2D eigenvalue weighted by atomic mass is 10.1. The maximum atomic E-state index is 10.2. The molecule has 1 atom stereocenters. The van der Waals surface area contributed by atoms with Crippen molar-refractivity contribution in [3.63, 3.8) is 0 Å². The monoisotopic (exact) mass is 312 g/mol. The fourth-order valence-corrected chi connectivity index (χ4v) is 2.77. The Labute approximate surface area is 129 Å². The summed E-state index contributed by atoms with van der Waals surface area (Å²) in [5, 5.41) is 11.4. The number of hydrogen-bond acceptors (Lipinski definition) is 2. The Kier molecular flexibility index (Phi) is 5.46. The second kappa shape index (κ2) is 7.11. The van der Waals surface area contributed by atoms with E-state index in [1.54, 1.807) is 24.4 Å². The molecule has 2 aromatic rings. The molecule has 0 aliphatic rings. The first-order valence-electron chi connectivity index (χ1n) is 6.72. The Morgan fingerprint density at radius 1 is 1.25 bits per heavy atom. The van der Waals surface area contributed by atoms with Crippen LogP contribution in [0.3, 0.4) is 0 Å². The molecular weight excluding hydrogens is 295 g/mol. The van der Waals surface area contributed by atoms with Crippen molar-refractivity contribution in [3.8, 4) is 0 Å². The molecule has 1 heterocycles. The summed E-state index contributed by atoms with van der Waals surface area (Å²) in [5.74, 6) is 0.891. The van der Waals surface area contributed by atoms with Gasteiger partial charge in [0.15, 0.2) is 0 Å². The number of aliphatic hydroxyl groups excluding tert-OH is 1. The van der Waals surface area contributed by atoms with Crippen molar-refractivity contribution in [3.05, 3.63) is 52.0 Å². The molecule has 0 saturated carbocycles. The first kappa shape index (κ1) is 15.4. The Bertz CT molecular complexity index is 549. The molecule has 0 amide bonds. The van der Waals surface area contributed by atoms with E-state index in [9.17, 15) is 5.11 Å². The van der Waals surface area contributed by atoms with E-state index in [4.69, 9.17) is 23.2 Å². The molecular formula is C15H18Cl2N2O. The van der Waals surface area contributed by atoms with E-state index < -0.39 is 6.10 Å². The average Bonchev–Trinajstić information content (AvgIpc) is 2.82. The third-order valence-corrected chi connectivity index (χ3v) is 3.89. The lowest BCUT2D eigenvalue weighted by Crippen LogP contribution is -2.18. The molecule has 20 heavy (non-hydrogen) atoms. The van der Waals surface area contributed by atoms with Crippen LogP contribution in [0.1, 0.15) is 24.7 Å². The predicted molar refractivity (Wildman–Crippen MR) is 82.4 cm³/mol. The van der Waals surface area contributed by atoms with E-state index in [0.717, 1.165) is 24.4 Å². The van der Waals surface area contributed by atoms with Gasteiger partial charge < -0.3 is 9.67 Å². The van der Waals surface area contributed by atoms with Crippen molar-refractivity contribution in [2.45, 2.75) is 38.8 Å². The van der Waals surface area contributed by atoms with Gasteiger partial charge in [-0.3, -0.25) is 0 Å². The van der Waals surface area contributed by atoms with Crippen LogP contribution in [0.15, 0.2) is 30.6 Å². The number of aromatic nitrogens is 2. The Balaban J connectivity index is 2.05. The van der Waals surface area contributed by atoms with Crippen molar-refractivity contribution in [2.75, 3.05) is 0 Å². The van der Waals surface area contributed by atoms with E-state index in [0.29, 0.717) is 22.9 Å². The second-order valence-corrected chi connectivity index (χ2v) is 5.61. The minimum Gasteiger partial charge on any atom is -0.392 e. The summed E-state index contributed by atoms with van der Waals surface area (Å²) in [6, 6.07) is 5.37. The highest BCUT2D eigenvalue weighted by Gasteiger charge is 2.14. The highest BCUT2D eigenvalue weighted by Crippen LogP contribution is 2.26. The van der Waals surface area contributed by atoms with E-state index in [2.05, 4.69) is 16.5 Å². The summed E-state index contributed by atoms with van der Waals surface area (Å²) < 4.78 is 2.07. The summed E-state index contributed by atoms with van der Waals surface area (Å²) in [5.41, 5.74) is 0.789. The fraction of sp³-hybridized carbons (Fsp3) is 0.400. The lowest BCUT2D eigenvalue weighted by molar-refractivity contribution is 0.171. The van der Waals surface area contributed by atoms with E-state index in [1.165, 1.54) is 0 Å². The molecule has 1 N–H and O–H groups in total. The SMILES string of the molecule is CCCn1ccnc1CC(O)Cc1c(Cl)cccc1Cl. The van der Waals surface area contributed by atoms with Gasteiger partial charge in [0, 0.05) is 41.8 Å². The predicted octanol–water partition coefficient (Wildman–Crippen LogP) is 3.75. The zero-order chi connectivity index (χ0) is 14.5. The van der Waals surface area contributed by atoms with Crippen molar-refractivity contribution in [1.82, 2.24) is 9.55 Å². The number of benzene rings is 1. The highest BCUT2D eigenvalue weighted by atomic mass is 35.5. The number of nitrogens with zero attached hydrogens (tertiary/aromatic N) is 2. The van der Waals surface area contributed by atoms with Crippen LogP contribution in [0.4, 0.5) is 0 Å². The largest absolute Gasteiger partial charge is 0.392 e. The molecule has 3 nitrogen and oxygen atoms in total. The van der Waals surface area contributed by atoms with Crippen LogP contribution >= 0.6 is 23.2 Å². The molecule has 0 aliphatic carbocycles. The zero-order valence-electron chi connectivity index (χ0n) is 11.4. The van der Waals surface area contributed by atoms with Crippen LogP contribution in [0.25, 0.3) is 0 Å². The molecule has 0 aliphatic heterocycles. The molecule has 5 heteroatoms. The Hall–Kier alpha value is -1.03. The smallest absolute Gasteiger partial charge is 0.111 e. The van der Waals surface area contributed by atoms with Gasteiger partial charge >= 0.3 is 0 Å². The van der Waals surface area contributed by atoms with Crippen molar-refractivity contribution in [1.29, 1.82) is 0 Å². The lowest BCUT2D eigenvalue weighted by Gasteiger charge is -2.14. The Morgan fingerprint density at radius 2 is 1.95 bits per heavy atom. The van der Waals surface area contributed by atoms with Crippen LogP contribution in [-0.2, 0) is 19.4 Å². The van der Waals surface area contributed by atoms with Gasteiger partial charge in [0.2, 0.25) is 0 Å². The van der Waals surface area contributed by atoms with Crippen LogP contribution in [0.2, 0.25) is 10.0 Å². The van der Waals surface area contributed by atoms with Gasteiger partial charge in [-0.05, 0) is 24.1 Å². The van der Waals surface area contributed by atoms with E-state index >= 15 is 0 Å². The van der Waals surface area contributed by atoms with Crippen LogP contribution in [0.5, 0.6) is 0 Å². The summed E-state index contributed by atoms with van der Waals surface area (Å²) in [7, 11) is 0. The molecule has 1 aromatic carbocycles. The molecule has 2 rings (SSSR count). The van der Waals surface area contributed by atoms with Crippen LogP contribution in [0, 0.1) is 0 Å². The summed E-state index contributed by atoms with van der Waals surface area (Å²) in [6.07, 6.45) is 5.11. The van der Waals surface area contributed by atoms with Crippen LogP contribution < -0.4 is 0 Å². The summed E-state index contributed by atoms with van der Waals surface area (Å²) >= 11 is 12.2. The maximum Gasteiger partial charge on any atom is 0.111 e. The topological polar surface area (TPSA) is 38.0 Å². The van der Waals surface area contributed by atoms with Crippen molar-refractivity contribution in [2.24, 2.45) is 0 Å². The second-order valence-electron chi connectivity index (χ2n) is 4.80. The number of imidazole rings is 1. The van der Waals surface area contributed by atoms with Crippen LogP contribution in [-0.4, -0.2) is 20.8 Å². The van der Waals surface area contributed by atoms with Gasteiger partial charge in [-0.1, -0.05) is 36.2 Å². The highest BCUT2D eigenvalue weighted by molar-refractivity contribution is 6.35. The minimum absolute atomic E-state index is 0.428. The third kappa shape index (κ3) is 3.75. The molecule has 0 spiro atoms. The van der Waals surface area contributed by atoms with Gasteiger partial charge in [-0.25, -0.2) is 4.98 Å². The summed E-state index contributed by atoms with van der Waals surface area (Å²) in [6.45, 7) is 3.03. The van der Waals surface area contributed by atoms with Gasteiger partial charge in [0.1, 0.15) is 5.82 Å². The van der Waals surface area contributed by atoms with Gasteiger partial charge in [-0.15, -0.1) is 0 Å². The zero-order valence-corrected chi connectivity index (χ0v) is 12.9. The van der Waals surface area contributed by atoms with Gasteiger partial charge in [-0.2, -0.15) is 0 Å². The normalized spacial score (nSPS) is 12.6. The number of aliphatic hydroxyl groups is 1. The number of hydrogen-bond donors (Lipinski definition) is 1. The molecule has 0 bridgehead atoms. The molecule has 1 aromatic heterocycles. The number of aryl methyl sites for hydroxylation is 1. The van der Waals surface area contributed by atoms with Gasteiger partial charge in [0.05, 0.1) is 6.10 Å². The fourth-order valence-electron chi connectivity index (χ4n) is 2.22. The van der Waals surface area contributed by atoms with Crippen molar-refractivity contribution >= 4 is 23.2 Å². The molecule has 108 valence electrons. The first-order chi connectivity index (χ1) is 9.61. The van der Waals surface area contributed by atoms with E-state index in [1.807, 2.05) is 6.20 Å². The minimum atomic E-state index is -0.551. The summed E-state index contributed by atoms with van der Waals surface area (Å²) in [4.78, 5) is 4.30. The average molecular weight is 313 g/mol. The number of rotatable bonds is 6. The standard InChI is InChI=1S/C15H18Cl2N2O/c1-2-7-19-8-6-18-15(19)10-11(20)9-12-13(16)4-3-5-14(12)17/h3-6,8,11,20H,2,7,9-10H2,1H3. The number of halogens is 2. The third-order valence-electron chi connectivity index (χ3n) is 3.19. The van der Waals surface area contributed by atoms with Crippen molar-refractivity contribution < 1.29 is 5.11 Å². The maximum absolute atomic E-state index is 10.2. The quantitative estimate of drug-likeness (QED) is 0.882. The molecule has 0 fully saturated rings. The first-order valence-corrected chi connectivity index (χ1v) is 7.48. The molecule has 0 radical (unpaired) electrons. The molecule has 1 unspecified atom stereocenters. The molecule has 0 saturated heterocycles. The Morgan fingerprint density at radius 3 is 2.60 bits per heavy atom.